The van der Waals surface area contributed by atoms with Crippen LogP contribution in [-0.4, -0.2) is 199 Å². The fourth-order valence-electron chi connectivity index (χ4n) is 10.8. The van der Waals surface area contributed by atoms with Crippen molar-refractivity contribution < 1.29 is 97.2 Å². The van der Waals surface area contributed by atoms with Crippen LogP contribution in [0.5, 0.6) is 17.2 Å². The summed E-state index contributed by atoms with van der Waals surface area (Å²) < 4.78 is 23.0. The first-order valence-corrected chi connectivity index (χ1v) is 29.8. The average Bonchev–Trinajstić information content (AvgIpc) is 0.732. The number of thioether (sulfide) groups is 1. The summed E-state index contributed by atoms with van der Waals surface area (Å²) in [5, 5.41) is 69.5. The Morgan fingerprint density at radius 1 is 0.889 bits per heavy atom. The second-order valence-electron chi connectivity index (χ2n) is 22.1. The number of nitrogens with two attached hydrogens (primary N) is 1. The van der Waals surface area contributed by atoms with Crippen LogP contribution in [0, 0.1) is 5.92 Å². The van der Waals surface area contributed by atoms with Crippen LogP contribution in [0.2, 0.25) is 0 Å². The predicted molar refractivity (Wildman–Crippen MR) is 319 cm³/mol. The van der Waals surface area contributed by atoms with Gasteiger partial charge in [-0.05, 0) is 61.6 Å². The zero-order valence-electron chi connectivity index (χ0n) is 49.8. The van der Waals surface area contributed by atoms with Crippen LogP contribution in [0.3, 0.4) is 0 Å². The van der Waals surface area contributed by atoms with E-state index in [0.717, 1.165) is 23.9 Å². The lowest BCUT2D eigenvalue weighted by molar-refractivity contribution is -0.249. The van der Waals surface area contributed by atoms with Gasteiger partial charge in [-0.15, -0.1) is 0 Å². The highest BCUT2D eigenvalue weighted by Crippen LogP contribution is 2.52. The van der Waals surface area contributed by atoms with Crippen molar-refractivity contribution in [1.29, 1.82) is 0 Å². The molecule has 2 aliphatic carbocycles. The highest BCUT2D eigenvalue weighted by atomic mass is 32.2. The summed E-state index contributed by atoms with van der Waals surface area (Å²) in [6.07, 6.45) is -5.73. The van der Waals surface area contributed by atoms with Gasteiger partial charge in [0.15, 0.2) is 17.9 Å². The summed E-state index contributed by atoms with van der Waals surface area (Å²) in [6.45, 7) is 10.2. The lowest BCUT2D eigenvalue weighted by Crippen LogP contribution is -2.59. The van der Waals surface area contributed by atoms with Crippen molar-refractivity contribution >= 4 is 82.4 Å². The van der Waals surface area contributed by atoms with Crippen molar-refractivity contribution in [2.24, 2.45) is 11.7 Å². The normalized spacial score (nSPS) is 20.8. The molecule has 29 nitrogen and oxygen atoms in total. The van der Waals surface area contributed by atoms with E-state index in [9.17, 15) is 78.3 Å². The van der Waals surface area contributed by atoms with E-state index < -0.39 is 155 Å². The maximum atomic E-state index is 14.1. The molecule has 0 bridgehead atoms. The molecule has 2 heterocycles. The lowest BCUT2D eigenvalue weighted by Gasteiger charge is -2.42. The SMILES string of the molecule is C=CC(=O)N1CN(C(=O)C=C)CN(C(=O)CCSCC(=O)N[C@H](C(=O)N[C@@H](CCCNC(N)=O)C(=O)Nc2ccc(COC(=O)N[C@H]3C[C@@H](O[C@H]4C[C@](O)(C(=O)CO)Cc5c(O)c6c(c(O)c54)C(=O)c4c(OC)cccc4C6=O)O[C@@H](C)[C@@H]3O)cc2)C(C)C)C1. The number of hydrogen-bond acceptors (Lipinski definition) is 21. The molecule has 0 radical (unpaired) electrons. The summed E-state index contributed by atoms with van der Waals surface area (Å²) in [4.78, 5) is 148. The number of phenols is 2. The summed E-state index contributed by atoms with van der Waals surface area (Å²) in [5.74, 6) is -8.07. The van der Waals surface area contributed by atoms with E-state index in [-0.39, 0.29) is 110 Å². The number of phenolic OH excluding ortho intramolecular Hbond substituents is 2. The highest BCUT2D eigenvalue weighted by Gasteiger charge is 2.51. The first-order valence-electron chi connectivity index (χ1n) is 28.6. The Morgan fingerprint density at radius 2 is 1.54 bits per heavy atom. The van der Waals surface area contributed by atoms with Crippen molar-refractivity contribution in [3.8, 4) is 17.2 Å². The second-order valence-corrected chi connectivity index (χ2v) is 23.2. The van der Waals surface area contributed by atoms with Crippen LogP contribution in [0.15, 0.2) is 67.8 Å². The van der Waals surface area contributed by atoms with E-state index in [0.29, 0.717) is 5.56 Å². The number of methoxy groups -OCH3 is 1. The maximum absolute atomic E-state index is 14.1. The zero-order valence-corrected chi connectivity index (χ0v) is 50.6. The van der Waals surface area contributed by atoms with Crippen molar-refractivity contribution in [3.63, 3.8) is 0 Å². The fourth-order valence-corrected chi connectivity index (χ4v) is 11.6. The van der Waals surface area contributed by atoms with Crippen molar-refractivity contribution in [2.75, 3.05) is 57.1 Å². The second kappa shape index (κ2) is 30.0. The number of fused-ring (bicyclic) bond motifs is 3. The highest BCUT2D eigenvalue weighted by molar-refractivity contribution is 7.99. The number of primary amides is 1. The van der Waals surface area contributed by atoms with Gasteiger partial charge in [0, 0.05) is 60.4 Å². The number of ketones is 3. The van der Waals surface area contributed by atoms with Gasteiger partial charge in [0.1, 0.15) is 54.3 Å². The Hall–Kier alpha value is -8.94. The molecule has 0 aromatic heterocycles. The zero-order chi connectivity index (χ0) is 65.9. The standard InChI is InChI=1S/C60H73N9O20S/c1-7-42(73)67-27-68(43(74)8-2)29-69(28-67)44(75)18-20-90-26-41(72)66-50(30(3)4)57(82)64-36(12-10-19-62-58(61)83)56(81)63-33-16-14-32(15-17-33)25-87-59(84)65-37-21-45(88-31(5)51(37)76)89-39-23-60(85,40(71)24-70)22-35-47(39)55(80)49-48(53(35)78)52(77)34-11-9-13-38(86-6)46(34)54(49)79/h7-9,11,13-17,30-31,36-37,39,45,50-51,70,76,78,80,85H,1-2,10,12,18-29H2,3-6H3,(H,63,81)(H,64,82)(H,65,84)(H,66,72)(H3,61,62,83)/t31-,36-,37-,39-,45+,50-,51-,60-/m0/s1. The smallest absolute Gasteiger partial charge is 0.407 e. The molecule has 0 spiro atoms. The van der Waals surface area contributed by atoms with E-state index in [1.165, 1.54) is 71.2 Å². The topological polar surface area (TPSA) is 422 Å². The molecule has 4 aliphatic rings. The monoisotopic (exact) mass is 1270 g/mol. The third-order valence-corrected chi connectivity index (χ3v) is 16.5. The number of carbonyl (C=O) groups is 11. The number of alkyl carbamates (subject to hydrolysis) is 1. The molecule has 2 aliphatic heterocycles. The number of nitrogens with zero attached hydrogens (tertiary/aromatic N) is 3. The Morgan fingerprint density at radius 3 is 2.17 bits per heavy atom. The van der Waals surface area contributed by atoms with E-state index in [1.54, 1.807) is 13.8 Å². The van der Waals surface area contributed by atoms with E-state index in [4.69, 9.17) is 24.7 Å². The van der Waals surface area contributed by atoms with Crippen LogP contribution in [-0.2, 0) is 60.8 Å². The first-order chi connectivity index (χ1) is 42.7. The van der Waals surface area contributed by atoms with Gasteiger partial charge in [0.05, 0.1) is 67.8 Å². The Bertz CT molecular complexity index is 3300. The number of urea groups is 1. The van der Waals surface area contributed by atoms with Gasteiger partial charge in [0.2, 0.25) is 41.2 Å². The van der Waals surface area contributed by atoms with Gasteiger partial charge in [-0.3, -0.25) is 43.2 Å². The van der Waals surface area contributed by atoms with Gasteiger partial charge >= 0.3 is 12.1 Å². The number of hydrogen-bond donors (Lipinski definition) is 11. The number of rotatable bonds is 25. The molecular weight excluding hydrogens is 1200 g/mol. The number of anilines is 1. The van der Waals surface area contributed by atoms with E-state index >= 15 is 0 Å². The van der Waals surface area contributed by atoms with Gasteiger partial charge in [-0.25, -0.2) is 9.59 Å². The molecule has 8 atom stereocenters. The number of Topliss-reactive ketones (excluding diaryl/α,β-unsaturated/α-hetero) is 1. The van der Waals surface area contributed by atoms with Gasteiger partial charge in [-0.2, -0.15) is 11.8 Å². The molecule has 3 aromatic rings. The molecule has 0 saturated carbocycles. The minimum Gasteiger partial charge on any atom is -0.507 e. The summed E-state index contributed by atoms with van der Waals surface area (Å²) >= 11 is 1.11. The molecule has 7 rings (SSSR count). The molecule has 3 aromatic carbocycles. The predicted octanol–water partition coefficient (Wildman–Crippen LogP) is 0.849. The van der Waals surface area contributed by atoms with Crippen molar-refractivity contribution in [2.45, 2.75) is 114 Å². The summed E-state index contributed by atoms with van der Waals surface area (Å²) in [5.41, 5.74) is 1.42. The van der Waals surface area contributed by atoms with E-state index in [1.807, 2.05) is 0 Å². The molecule has 12 N–H and O–H groups in total. The van der Waals surface area contributed by atoms with Crippen LogP contribution in [0.1, 0.15) is 108 Å². The number of carbonyl (C=O) groups excluding carboxylic acids is 11. The number of ether oxygens (including phenoxy) is 4. The lowest BCUT2D eigenvalue weighted by atomic mass is 9.72. The third-order valence-electron chi connectivity index (χ3n) is 15.6. The Balaban J connectivity index is 0.941. The summed E-state index contributed by atoms with van der Waals surface area (Å²) in [6, 6.07) is 6.02. The Labute approximate surface area is 520 Å². The number of aromatic hydroxyl groups is 2. The average molecular weight is 1270 g/mol. The van der Waals surface area contributed by atoms with Crippen molar-refractivity contribution in [1.82, 2.24) is 36.0 Å². The van der Waals surface area contributed by atoms with Crippen LogP contribution in [0.25, 0.3) is 0 Å². The third kappa shape index (κ3) is 15.9. The minimum absolute atomic E-state index is 0.0127. The minimum atomic E-state index is -2.43. The maximum Gasteiger partial charge on any atom is 0.407 e. The van der Waals surface area contributed by atoms with Crippen LogP contribution in [0.4, 0.5) is 15.3 Å². The molecular formula is C60H73N9O20S. The first kappa shape index (κ1) is 68.5. The van der Waals surface area contributed by atoms with Gasteiger partial charge in [-0.1, -0.05) is 51.3 Å². The molecule has 30 heteroatoms. The number of aliphatic hydroxyl groups is 3. The molecule has 484 valence electrons. The fraction of sp³-hybridized carbons (Fsp3) is 0.450. The largest absolute Gasteiger partial charge is 0.507 e. The number of benzene rings is 3. The molecule has 2 saturated heterocycles. The summed E-state index contributed by atoms with van der Waals surface area (Å²) in [7, 11) is 1.28. The molecule has 90 heavy (non-hydrogen) atoms. The van der Waals surface area contributed by atoms with Crippen molar-refractivity contribution in [3.05, 3.63) is 107 Å². The number of aliphatic hydroxyl groups excluding tert-OH is 2. The molecule has 9 amide bonds. The van der Waals surface area contributed by atoms with Gasteiger partial charge in [0.25, 0.3) is 0 Å². The molecule has 2 fully saturated rings. The van der Waals surface area contributed by atoms with E-state index in [2.05, 4.69) is 39.7 Å². The quantitative estimate of drug-likeness (QED) is 0.0249. The number of amides is 9. The van der Waals surface area contributed by atoms with Crippen LogP contribution >= 0.6 is 11.8 Å². The molecule has 0 unspecified atom stereocenters. The number of nitrogens with one attached hydrogen (secondary N) is 5. The van der Waals surface area contributed by atoms with Crippen LogP contribution < -0.4 is 37.1 Å². The van der Waals surface area contributed by atoms with Gasteiger partial charge < -0.3 is 91.5 Å². The Kier molecular flexibility index (Phi) is 22.9.